The number of alkyl halides is 3. The summed E-state index contributed by atoms with van der Waals surface area (Å²) in [5.41, 5.74) is 2.72. The van der Waals surface area contributed by atoms with Gasteiger partial charge in [-0.05, 0) is 31.2 Å². The molecule has 0 aliphatic rings. The highest BCUT2D eigenvalue weighted by molar-refractivity contribution is 7.09. The molecule has 0 unspecified atom stereocenters. The van der Waals surface area contributed by atoms with Crippen LogP contribution >= 0.6 is 11.3 Å². The Balaban J connectivity index is 2.01. The molecule has 1 N–H and O–H groups in total. The van der Waals surface area contributed by atoms with Gasteiger partial charge >= 0.3 is 6.18 Å². The second-order valence-corrected chi connectivity index (χ2v) is 4.73. The third-order valence-corrected chi connectivity index (χ3v) is 3.45. The summed E-state index contributed by atoms with van der Waals surface area (Å²) in [5, 5.41) is 3.07. The lowest BCUT2D eigenvalue weighted by Gasteiger charge is -2.09. The summed E-state index contributed by atoms with van der Waals surface area (Å²) in [6, 6.07) is 5.00. The van der Waals surface area contributed by atoms with Crippen LogP contribution in [0.2, 0.25) is 0 Å². The van der Waals surface area contributed by atoms with Crippen LogP contribution in [0.5, 0.6) is 0 Å². The average Bonchev–Trinajstić information content (AvgIpc) is 2.72. The summed E-state index contributed by atoms with van der Waals surface area (Å²) >= 11 is 1.52. The minimum atomic E-state index is -4.28. The van der Waals surface area contributed by atoms with Crippen LogP contribution in [0.1, 0.15) is 16.1 Å². The Morgan fingerprint density at radius 3 is 2.39 bits per heavy atom. The molecule has 0 bridgehead atoms. The standard InChI is InChI=1S/C12H11F3N2S/c1-8-11(18-7-17-8)6-16-10-4-2-9(3-5-10)12(13,14)15/h2-5,7,16H,6H2,1H3. The number of nitrogens with one attached hydrogen (secondary N) is 1. The van der Waals surface area contributed by atoms with Crippen molar-refractivity contribution in [2.45, 2.75) is 19.6 Å². The SMILES string of the molecule is Cc1ncsc1CNc1ccc(C(F)(F)F)cc1. The monoisotopic (exact) mass is 272 g/mol. The second-order valence-electron chi connectivity index (χ2n) is 3.79. The van der Waals surface area contributed by atoms with Gasteiger partial charge in [-0.1, -0.05) is 0 Å². The first-order chi connectivity index (χ1) is 8.47. The maximum atomic E-state index is 12.4. The van der Waals surface area contributed by atoms with Gasteiger partial charge < -0.3 is 5.32 Å². The van der Waals surface area contributed by atoms with Gasteiger partial charge in [-0.3, -0.25) is 0 Å². The first-order valence-corrected chi connectivity index (χ1v) is 6.15. The smallest absolute Gasteiger partial charge is 0.380 e. The Hall–Kier alpha value is -1.56. The summed E-state index contributed by atoms with van der Waals surface area (Å²) < 4.78 is 37.1. The number of hydrogen-bond acceptors (Lipinski definition) is 3. The third-order valence-electron chi connectivity index (χ3n) is 2.51. The molecule has 18 heavy (non-hydrogen) atoms. The topological polar surface area (TPSA) is 24.9 Å². The van der Waals surface area contributed by atoms with E-state index in [4.69, 9.17) is 0 Å². The predicted molar refractivity (Wildman–Crippen MR) is 65.6 cm³/mol. The average molecular weight is 272 g/mol. The Morgan fingerprint density at radius 2 is 1.89 bits per heavy atom. The number of anilines is 1. The molecule has 0 aliphatic carbocycles. The van der Waals surface area contributed by atoms with E-state index in [-0.39, 0.29) is 0 Å². The number of hydrogen-bond donors (Lipinski definition) is 1. The van der Waals surface area contributed by atoms with E-state index in [1.54, 1.807) is 5.51 Å². The largest absolute Gasteiger partial charge is 0.416 e. The lowest BCUT2D eigenvalue weighted by Crippen LogP contribution is -2.05. The first-order valence-electron chi connectivity index (χ1n) is 5.27. The Kier molecular flexibility index (Phi) is 3.56. The molecule has 1 aromatic heterocycles. The third kappa shape index (κ3) is 3.01. The minimum absolute atomic E-state index is 0.571. The summed E-state index contributed by atoms with van der Waals surface area (Å²) in [4.78, 5) is 5.18. The van der Waals surface area contributed by atoms with Gasteiger partial charge in [-0.15, -0.1) is 11.3 Å². The number of aromatic nitrogens is 1. The highest BCUT2D eigenvalue weighted by Crippen LogP contribution is 2.29. The minimum Gasteiger partial charge on any atom is -0.380 e. The van der Waals surface area contributed by atoms with Gasteiger partial charge in [0, 0.05) is 10.6 Å². The van der Waals surface area contributed by atoms with Crippen LogP contribution in [-0.2, 0) is 12.7 Å². The van der Waals surface area contributed by atoms with Crippen molar-refractivity contribution in [3.63, 3.8) is 0 Å². The molecule has 0 saturated carbocycles. The van der Waals surface area contributed by atoms with Crippen molar-refractivity contribution in [1.29, 1.82) is 0 Å². The molecule has 0 amide bonds. The number of nitrogens with zero attached hydrogens (tertiary/aromatic N) is 1. The van der Waals surface area contributed by atoms with E-state index in [9.17, 15) is 13.2 Å². The first kappa shape index (κ1) is 12.9. The van der Waals surface area contributed by atoms with Gasteiger partial charge in [0.15, 0.2) is 0 Å². The van der Waals surface area contributed by atoms with Gasteiger partial charge in [0.25, 0.3) is 0 Å². The van der Waals surface area contributed by atoms with Crippen LogP contribution in [0, 0.1) is 6.92 Å². The number of aryl methyl sites for hydroxylation is 1. The van der Waals surface area contributed by atoms with Crippen LogP contribution in [-0.4, -0.2) is 4.98 Å². The lowest BCUT2D eigenvalue weighted by molar-refractivity contribution is -0.137. The Bertz CT molecular complexity index is 517. The summed E-state index contributed by atoms with van der Waals surface area (Å²) in [6.07, 6.45) is -4.28. The Morgan fingerprint density at radius 1 is 1.22 bits per heavy atom. The van der Waals surface area contributed by atoms with E-state index in [1.165, 1.54) is 23.5 Å². The molecule has 6 heteroatoms. The molecule has 2 aromatic rings. The number of rotatable bonds is 3. The maximum Gasteiger partial charge on any atom is 0.416 e. The van der Waals surface area contributed by atoms with Crippen LogP contribution in [0.25, 0.3) is 0 Å². The summed E-state index contributed by atoms with van der Waals surface area (Å²) in [6.45, 7) is 2.47. The fourth-order valence-corrected chi connectivity index (χ4v) is 2.17. The summed E-state index contributed by atoms with van der Waals surface area (Å²) in [5.74, 6) is 0. The Labute approximate surface area is 106 Å². The molecule has 96 valence electrons. The molecule has 2 rings (SSSR count). The number of halogens is 3. The van der Waals surface area contributed by atoms with E-state index in [0.29, 0.717) is 12.2 Å². The van der Waals surface area contributed by atoms with E-state index in [1.807, 2.05) is 6.92 Å². The van der Waals surface area contributed by atoms with Crippen molar-refractivity contribution in [2.24, 2.45) is 0 Å². The highest BCUT2D eigenvalue weighted by atomic mass is 32.1. The van der Waals surface area contributed by atoms with Crippen molar-refractivity contribution in [2.75, 3.05) is 5.32 Å². The van der Waals surface area contributed by atoms with Crippen LogP contribution in [0.4, 0.5) is 18.9 Å². The molecule has 0 aliphatic heterocycles. The van der Waals surface area contributed by atoms with E-state index < -0.39 is 11.7 Å². The predicted octanol–water partition coefficient (Wildman–Crippen LogP) is 4.08. The molecule has 0 fully saturated rings. The van der Waals surface area contributed by atoms with E-state index in [2.05, 4.69) is 10.3 Å². The van der Waals surface area contributed by atoms with E-state index >= 15 is 0 Å². The summed E-state index contributed by atoms with van der Waals surface area (Å²) in [7, 11) is 0. The quantitative estimate of drug-likeness (QED) is 0.910. The van der Waals surface area contributed by atoms with Crippen LogP contribution < -0.4 is 5.32 Å². The molecular formula is C12H11F3N2S. The lowest BCUT2D eigenvalue weighted by atomic mass is 10.2. The van der Waals surface area contributed by atoms with Crippen molar-refractivity contribution >= 4 is 17.0 Å². The molecule has 0 spiro atoms. The van der Waals surface area contributed by atoms with Gasteiger partial charge in [0.05, 0.1) is 23.3 Å². The van der Waals surface area contributed by atoms with Crippen LogP contribution in [0.3, 0.4) is 0 Å². The molecule has 0 atom stereocenters. The fourth-order valence-electron chi connectivity index (χ4n) is 1.46. The van der Waals surface area contributed by atoms with Crippen LogP contribution in [0.15, 0.2) is 29.8 Å². The molecule has 2 nitrogen and oxygen atoms in total. The van der Waals surface area contributed by atoms with Crippen molar-refractivity contribution in [1.82, 2.24) is 4.98 Å². The van der Waals surface area contributed by atoms with Crippen molar-refractivity contribution in [3.05, 3.63) is 45.9 Å². The van der Waals surface area contributed by atoms with E-state index in [0.717, 1.165) is 22.7 Å². The number of thiazole rings is 1. The zero-order valence-electron chi connectivity index (χ0n) is 9.58. The molecule has 0 radical (unpaired) electrons. The molecular weight excluding hydrogens is 261 g/mol. The van der Waals surface area contributed by atoms with Gasteiger partial charge in [-0.25, -0.2) is 4.98 Å². The zero-order valence-corrected chi connectivity index (χ0v) is 10.4. The molecule has 1 aromatic carbocycles. The number of benzene rings is 1. The zero-order chi connectivity index (χ0) is 13.2. The normalized spacial score (nSPS) is 11.6. The maximum absolute atomic E-state index is 12.4. The van der Waals surface area contributed by atoms with Gasteiger partial charge in [0.1, 0.15) is 0 Å². The fraction of sp³-hybridized carbons (Fsp3) is 0.250. The van der Waals surface area contributed by atoms with Gasteiger partial charge in [-0.2, -0.15) is 13.2 Å². The van der Waals surface area contributed by atoms with Crippen molar-refractivity contribution < 1.29 is 13.2 Å². The molecule has 1 heterocycles. The molecule has 0 saturated heterocycles. The van der Waals surface area contributed by atoms with Crippen molar-refractivity contribution in [3.8, 4) is 0 Å². The second kappa shape index (κ2) is 4.97. The highest BCUT2D eigenvalue weighted by Gasteiger charge is 2.29. The van der Waals surface area contributed by atoms with Gasteiger partial charge in [0.2, 0.25) is 0 Å².